The van der Waals surface area contributed by atoms with Crippen molar-refractivity contribution >= 4 is 5.78 Å². The van der Waals surface area contributed by atoms with Gasteiger partial charge in [0, 0.05) is 18.3 Å². The molecule has 4 aliphatic rings. The highest BCUT2D eigenvalue weighted by atomic mass is 16.3. The van der Waals surface area contributed by atoms with Crippen LogP contribution in [0.4, 0.5) is 0 Å². The Hall–Kier alpha value is -0.630. The molecule has 0 saturated heterocycles. The number of fused-ring (bicyclic) bond motifs is 5. The number of hydrogen-bond donors (Lipinski definition) is 1. The molecule has 3 saturated carbocycles. The summed E-state index contributed by atoms with van der Waals surface area (Å²) in [6, 6.07) is 0. The minimum atomic E-state index is -0.467. The molecule has 0 spiro atoms. The van der Waals surface area contributed by atoms with E-state index >= 15 is 0 Å². The monoisotopic (exact) mass is 302 g/mol. The molecule has 0 heterocycles. The predicted octanol–water partition coefficient (Wildman–Crippen LogP) is 4.13. The average molecular weight is 302 g/mol. The van der Waals surface area contributed by atoms with E-state index in [4.69, 9.17) is 0 Å². The van der Waals surface area contributed by atoms with Crippen molar-refractivity contribution in [2.75, 3.05) is 0 Å². The standard InChI is InChI=1S/C20H30O2/c1-12-9-13-10-14(21)11-17(22)20(13,3)16-6-8-19(2)7-4-5-15(19)18(12)16/h9,12,15-18,22H,4-8,10-11H2,1-3H3/t12-,15+,16+,17?,18+,19+,20+/m1/s1. The van der Waals surface area contributed by atoms with E-state index in [2.05, 4.69) is 26.8 Å². The van der Waals surface area contributed by atoms with Crippen molar-refractivity contribution in [3.8, 4) is 0 Å². The van der Waals surface area contributed by atoms with Gasteiger partial charge in [0.2, 0.25) is 0 Å². The van der Waals surface area contributed by atoms with Crippen molar-refractivity contribution in [2.24, 2.45) is 34.5 Å². The van der Waals surface area contributed by atoms with Crippen LogP contribution < -0.4 is 0 Å². The second-order valence-electron chi connectivity index (χ2n) is 9.14. The molecule has 2 heteroatoms. The molecule has 0 amide bonds. The number of rotatable bonds is 0. The van der Waals surface area contributed by atoms with Crippen molar-refractivity contribution in [3.63, 3.8) is 0 Å². The predicted molar refractivity (Wildman–Crippen MR) is 87.3 cm³/mol. The fourth-order valence-electron chi connectivity index (χ4n) is 6.89. The molecule has 1 unspecified atom stereocenters. The van der Waals surface area contributed by atoms with Crippen LogP contribution in [-0.2, 0) is 4.79 Å². The van der Waals surface area contributed by atoms with Crippen LogP contribution in [0.1, 0.15) is 65.7 Å². The molecule has 4 aliphatic carbocycles. The van der Waals surface area contributed by atoms with E-state index in [1.54, 1.807) is 0 Å². The highest BCUT2D eigenvalue weighted by Gasteiger charge is 2.59. The van der Waals surface area contributed by atoms with E-state index in [0.29, 0.717) is 36.0 Å². The fraction of sp³-hybridized carbons (Fsp3) is 0.850. The Labute approximate surface area is 134 Å². The summed E-state index contributed by atoms with van der Waals surface area (Å²) in [5.41, 5.74) is 1.65. The molecule has 122 valence electrons. The zero-order valence-corrected chi connectivity index (χ0v) is 14.3. The fourth-order valence-corrected chi connectivity index (χ4v) is 6.89. The number of allylic oxidation sites excluding steroid dienone is 1. The first-order valence-corrected chi connectivity index (χ1v) is 9.27. The highest BCUT2D eigenvalue weighted by Crippen LogP contribution is 2.65. The summed E-state index contributed by atoms with van der Waals surface area (Å²) in [4.78, 5) is 12.0. The summed E-state index contributed by atoms with van der Waals surface area (Å²) < 4.78 is 0. The van der Waals surface area contributed by atoms with E-state index in [9.17, 15) is 9.90 Å². The lowest BCUT2D eigenvalue weighted by Crippen LogP contribution is -2.56. The number of carbonyl (C=O) groups excluding carboxylic acids is 1. The van der Waals surface area contributed by atoms with Crippen molar-refractivity contribution in [1.82, 2.24) is 0 Å². The van der Waals surface area contributed by atoms with E-state index in [1.807, 2.05) is 0 Å². The molecule has 22 heavy (non-hydrogen) atoms. The van der Waals surface area contributed by atoms with Gasteiger partial charge >= 0.3 is 0 Å². The maximum Gasteiger partial charge on any atom is 0.139 e. The van der Waals surface area contributed by atoms with Gasteiger partial charge < -0.3 is 5.11 Å². The second-order valence-corrected chi connectivity index (χ2v) is 9.14. The van der Waals surface area contributed by atoms with Crippen LogP contribution in [-0.4, -0.2) is 17.0 Å². The number of Topliss-reactive ketones (excluding diaryl/α,β-unsaturated/α-hetero) is 1. The Morgan fingerprint density at radius 2 is 1.95 bits per heavy atom. The van der Waals surface area contributed by atoms with Gasteiger partial charge in [0.15, 0.2) is 0 Å². The Balaban J connectivity index is 1.78. The molecule has 0 aromatic heterocycles. The molecular formula is C20H30O2. The molecule has 1 N–H and O–H groups in total. The van der Waals surface area contributed by atoms with Crippen LogP contribution >= 0.6 is 0 Å². The Bertz CT molecular complexity index is 536. The summed E-state index contributed by atoms with van der Waals surface area (Å²) in [5, 5.41) is 10.8. The summed E-state index contributed by atoms with van der Waals surface area (Å²) in [7, 11) is 0. The second kappa shape index (κ2) is 4.69. The molecule has 0 aromatic rings. The van der Waals surface area contributed by atoms with Crippen molar-refractivity contribution in [2.45, 2.75) is 71.8 Å². The zero-order chi connectivity index (χ0) is 15.7. The highest BCUT2D eigenvalue weighted by molar-refractivity contribution is 5.83. The minimum Gasteiger partial charge on any atom is -0.392 e. The third kappa shape index (κ3) is 1.79. The lowest BCUT2D eigenvalue weighted by molar-refractivity contribution is -0.133. The van der Waals surface area contributed by atoms with Crippen molar-refractivity contribution in [3.05, 3.63) is 11.6 Å². The van der Waals surface area contributed by atoms with Crippen molar-refractivity contribution < 1.29 is 9.90 Å². The number of ketones is 1. The van der Waals surface area contributed by atoms with E-state index in [-0.39, 0.29) is 11.2 Å². The van der Waals surface area contributed by atoms with Gasteiger partial charge in [-0.15, -0.1) is 0 Å². The summed E-state index contributed by atoms with van der Waals surface area (Å²) in [6.45, 7) is 7.13. The van der Waals surface area contributed by atoms with Crippen LogP contribution in [0, 0.1) is 34.5 Å². The molecule has 0 aliphatic heterocycles. The van der Waals surface area contributed by atoms with E-state index < -0.39 is 6.10 Å². The molecule has 0 aromatic carbocycles. The van der Waals surface area contributed by atoms with Crippen LogP contribution in [0.3, 0.4) is 0 Å². The third-order valence-electron chi connectivity index (χ3n) is 8.15. The zero-order valence-electron chi connectivity index (χ0n) is 14.3. The molecule has 0 bridgehead atoms. The van der Waals surface area contributed by atoms with Crippen LogP contribution in [0.2, 0.25) is 0 Å². The Kier molecular flexibility index (Phi) is 3.18. The van der Waals surface area contributed by atoms with Gasteiger partial charge in [0.25, 0.3) is 0 Å². The Morgan fingerprint density at radius 1 is 1.18 bits per heavy atom. The maximum absolute atomic E-state index is 12.0. The topological polar surface area (TPSA) is 37.3 Å². The van der Waals surface area contributed by atoms with E-state index in [1.165, 1.54) is 37.7 Å². The van der Waals surface area contributed by atoms with Gasteiger partial charge in [-0.2, -0.15) is 0 Å². The van der Waals surface area contributed by atoms with E-state index in [0.717, 1.165) is 5.92 Å². The maximum atomic E-state index is 12.0. The minimum absolute atomic E-state index is 0.144. The first-order valence-electron chi connectivity index (χ1n) is 9.27. The lowest BCUT2D eigenvalue weighted by atomic mass is 9.45. The van der Waals surface area contributed by atoms with Crippen LogP contribution in [0.15, 0.2) is 11.6 Å². The lowest BCUT2D eigenvalue weighted by Gasteiger charge is -2.59. The van der Waals surface area contributed by atoms with Gasteiger partial charge in [-0.3, -0.25) is 4.79 Å². The summed E-state index contributed by atoms with van der Waals surface area (Å²) >= 11 is 0. The molecule has 2 nitrogen and oxygen atoms in total. The molecule has 7 atom stereocenters. The van der Waals surface area contributed by atoms with Gasteiger partial charge in [-0.1, -0.05) is 38.8 Å². The van der Waals surface area contributed by atoms with Crippen LogP contribution in [0.25, 0.3) is 0 Å². The molecular weight excluding hydrogens is 272 g/mol. The number of carbonyl (C=O) groups is 1. The smallest absolute Gasteiger partial charge is 0.139 e. The average Bonchev–Trinajstić information content (AvgIpc) is 2.83. The number of hydrogen-bond acceptors (Lipinski definition) is 2. The molecule has 4 rings (SSSR count). The molecule has 0 radical (unpaired) electrons. The Morgan fingerprint density at radius 3 is 2.73 bits per heavy atom. The number of aliphatic hydroxyl groups excluding tert-OH is 1. The first-order chi connectivity index (χ1) is 10.4. The summed E-state index contributed by atoms with van der Waals surface area (Å²) in [5.74, 6) is 2.89. The summed E-state index contributed by atoms with van der Waals surface area (Å²) in [6.07, 6.45) is 9.56. The van der Waals surface area contributed by atoms with Gasteiger partial charge in [0.1, 0.15) is 5.78 Å². The SMILES string of the molecule is C[C@@H]1C=C2CC(=O)CC(O)[C@]2(C)[C@H]2CC[C@]3(C)CCC[C@H]3[C@H]12. The van der Waals surface area contributed by atoms with Gasteiger partial charge in [0.05, 0.1) is 6.10 Å². The van der Waals surface area contributed by atoms with Crippen molar-refractivity contribution in [1.29, 1.82) is 0 Å². The largest absolute Gasteiger partial charge is 0.392 e. The first kappa shape index (κ1) is 14.9. The van der Waals surface area contributed by atoms with Gasteiger partial charge in [-0.05, 0) is 54.8 Å². The quantitative estimate of drug-likeness (QED) is 0.683. The third-order valence-corrected chi connectivity index (χ3v) is 8.15. The number of aliphatic hydroxyl groups is 1. The van der Waals surface area contributed by atoms with Crippen LogP contribution in [0.5, 0.6) is 0 Å². The molecule has 3 fully saturated rings. The van der Waals surface area contributed by atoms with Gasteiger partial charge in [-0.25, -0.2) is 0 Å². The normalized spacial score (nSPS) is 54.3.